The normalized spacial score (nSPS) is 12.7. The summed E-state index contributed by atoms with van der Waals surface area (Å²) in [7, 11) is 1.24. The second kappa shape index (κ2) is 10.2. The molecule has 0 saturated carbocycles. The topological polar surface area (TPSA) is 142 Å². The number of nitro benzene ring substituents is 1. The summed E-state index contributed by atoms with van der Waals surface area (Å²) in [5.41, 5.74) is 5.98. The molecule has 1 rings (SSSR count). The molecule has 142 valence electrons. The lowest BCUT2D eigenvalue weighted by Crippen LogP contribution is -2.39. The van der Waals surface area contributed by atoms with Gasteiger partial charge in [0.15, 0.2) is 5.78 Å². The van der Waals surface area contributed by atoms with E-state index in [-0.39, 0.29) is 24.3 Å². The van der Waals surface area contributed by atoms with Crippen LogP contribution in [0.2, 0.25) is 0 Å². The summed E-state index contributed by atoms with van der Waals surface area (Å²) in [6.45, 7) is 1.56. The van der Waals surface area contributed by atoms with Gasteiger partial charge < -0.3 is 15.8 Å². The molecule has 0 saturated heterocycles. The molecule has 9 nitrogen and oxygen atoms in total. The van der Waals surface area contributed by atoms with Crippen LogP contribution in [0.3, 0.4) is 0 Å². The van der Waals surface area contributed by atoms with Crippen LogP contribution in [0.5, 0.6) is 0 Å². The van der Waals surface area contributed by atoms with Gasteiger partial charge in [-0.15, -0.1) is 0 Å². The zero-order chi connectivity index (χ0) is 19.7. The summed E-state index contributed by atoms with van der Waals surface area (Å²) < 4.78 is 4.50. The van der Waals surface area contributed by atoms with E-state index in [0.29, 0.717) is 18.4 Å². The highest BCUT2D eigenvalue weighted by Gasteiger charge is 2.18. The molecule has 1 aromatic carbocycles. The van der Waals surface area contributed by atoms with Crippen LogP contribution < -0.4 is 11.1 Å². The lowest BCUT2D eigenvalue weighted by molar-refractivity contribution is -0.384. The van der Waals surface area contributed by atoms with Gasteiger partial charge in [0.1, 0.15) is 6.04 Å². The highest BCUT2D eigenvalue weighted by atomic mass is 16.6. The van der Waals surface area contributed by atoms with E-state index in [9.17, 15) is 24.5 Å². The fourth-order valence-corrected chi connectivity index (χ4v) is 2.32. The number of nitrogens with zero attached hydrogens (tertiary/aromatic N) is 1. The van der Waals surface area contributed by atoms with E-state index in [4.69, 9.17) is 5.73 Å². The SMILES string of the molecule is COC(=O)[C@@H](N)CCCC(=O)[C@H](C)NC(=O)Cc1cccc([N+](=O)[O-])c1. The Labute approximate surface area is 151 Å². The summed E-state index contributed by atoms with van der Waals surface area (Å²) in [6, 6.07) is 4.29. The molecule has 0 unspecified atom stereocenters. The van der Waals surface area contributed by atoms with Crippen LogP contribution in [-0.4, -0.2) is 41.8 Å². The number of ether oxygens (including phenoxy) is 1. The fourth-order valence-electron chi connectivity index (χ4n) is 2.32. The van der Waals surface area contributed by atoms with E-state index in [1.165, 1.54) is 25.3 Å². The van der Waals surface area contributed by atoms with Crippen molar-refractivity contribution in [2.45, 2.75) is 44.7 Å². The number of ketones is 1. The van der Waals surface area contributed by atoms with Gasteiger partial charge in [-0.1, -0.05) is 12.1 Å². The Hall–Kier alpha value is -2.81. The summed E-state index contributed by atoms with van der Waals surface area (Å²) >= 11 is 0. The third kappa shape index (κ3) is 6.98. The van der Waals surface area contributed by atoms with Crippen LogP contribution in [-0.2, 0) is 25.5 Å². The first-order chi connectivity index (χ1) is 12.2. The quantitative estimate of drug-likeness (QED) is 0.356. The summed E-state index contributed by atoms with van der Waals surface area (Å²) in [4.78, 5) is 45.4. The van der Waals surface area contributed by atoms with E-state index >= 15 is 0 Å². The van der Waals surface area contributed by atoms with Crippen molar-refractivity contribution >= 4 is 23.3 Å². The average Bonchev–Trinajstić information content (AvgIpc) is 2.60. The second-order valence-electron chi connectivity index (χ2n) is 5.88. The zero-order valence-corrected chi connectivity index (χ0v) is 14.8. The number of benzene rings is 1. The average molecular weight is 365 g/mol. The van der Waals surface area contributed by atoms with Gasteiger partial charge in [-0.05, 0) is 25.3 Å². The van der Waals surface area contributed by atoms with Gasteiger partial charge >= 0.3 is 5.97 Å². The molecule has 0 heterocycles. The molecular formula is C17H23N3O6. The summed E-state index contributed by atoms with van der Waals surface area (Å²) in [5, 5.41) is 13.3. The van der Waals surface area contributed by atoms with E-state index in [1.807, 2.05) is 0 Å². The standard InChI is InChI=1S/C17H23N3O6/c1-11(15(21)8-4-7-14(18)17(23)26-2)19-16(22)10-12-5-3-6-13(9-12)20(24)25/h3,5-6,9,11,14H,4,7-8,10,18H2,1-2H3,(H,19,22)/t11-,14-/m0/s1. The third-order valence-electron chi connectivity index (χ3n) is 3.79. The van der Waals surface area contributed by atoms with Gasteiger partial charge in [-0.3, -0.25) is 24.5 Å². The Kier molecular flexibility index (Phi) is 8.36. The Bertz CT molecular complexity index is 676. The van der Waals surface area contributed by atoms with Gasteiger partial charge in [-0.25, -0.2) is 0 Å². The molecule has 0 aliphatic carbocycles. The maximum Gasteiger partial charge on any atom is 0.322 e. The molecule has 9 heteroatoms. The van der Waals surface area contributed by atoms with E-state index in [1.54, 1.807) is 13.0 Å². The number of non-ortho nitro benzene ring substituents is 1. The lowest BCUT2D eigenvalue weighted by atomic mass is 10.0. The van der Waals surface area contributed by atoms with Gasteiger partial charge in [0.25, 0.3) is 5.69 Å². The zero-order valence-electron chi connectivity index (χ0n) is 14.8. The molecule has 0 aromatic heterocycles. The Balaban J connectivity index is 2.43. The molecule has 2 atom stereocenters. The number of rotatable bonds is 10. The van der Waals surface area contributed by atoms with Crippen LogP contribution in [0.1, 0.15) is 31.7 Å². The van der Waals surface area contributed by atoms with Crippen molar-refractivity contribution in [1.82, 2.24) is 5.32 Å². The molecule has 3 N–H and O–H groups in total. The first-order valence-electron chi connectivity index (χ1n) is 8.13. The highest BCUT2D eigenvalue weighted by molar-refractivity contribution is 5.89. The fraction of sp³-hybridized carbons (Fsp3) is 0.471. The molecule has 0 radical (unpaired) electrons. The number of Topliss-reactive ketones (excluding diaryl/α,β-unsaturated/α-hetero) is 1. The number of esters is 1. The summed E-state index contributed by atoms with van der Waals surface area (Å²) in [5.74, 6) is -1.12. The van der Waals surface area contributed by atoms with Crippen molar-refractivity contribution in [1.29, 1.82) is 0 Å². The van der Waals surface area contributed by atoms with Crippen LogP contribution in [0.4, 0.5) is 5.69 Å². The molecule has 1 aromatic rings. The van der Waals surface area contributed by atoms with Gasteiger partial charge in [-0.2, -0.15) is 0 Å². The van der Waals surface area contributed by atoms with Crippen molar-refractivity contribution in [3.63, 3.8) is 0 Å². The Morgan fingerprint density at radius 3 is 2.65 bits per heavy atom. The molecule has 0 aliphatic heterocycles. The first-order valence-corrected chi connectivity index (χ1v) is 8.13. The number of nitro groups is 1. The number of hydrogen-bond acceptors (Lipinski definition) is 7. The van der Waals surface area contributed by atoms with Crippen molar-refractivity contribution < 1.29 is 24.0 Å². The maximum atomic E-state index is 12.0. The number of amides is 1. The highest BCUT2D eigenvalue weighted by Crippen LogP contribution is 2.13. The number of hydrogen-bond donors (Lipinski definition) is 2. The third-order valence-corrected chi connectivity index (χ3v) is 3.79. The maximum absolute atomic E-state index is 12.0. The van der Waals surface area contributed by atoms with Crippen LogP contribution in [0.25, 0.3) is 0 Å². The lowest BCUT2D eigenvalue weighted by Gasteiger charge is -2.14. The van der Waals surface area contributed by atoms with E-state index < -0.39 is 28.9 Å². The Morgan fingerprint density at radius 2 is 2.04 bits per heavy atom. The number of nitrogens with one attached hydrogen (secondary N) is 1. The van der Waals surface area contributed by atoms with Crippen molar-refractivity contribution in [3.05, 3.63) is 39.9 Å². The largest absolute Gasteiger partial charge is 0.468 e. The van der Waals surface area contributed by atoms with Gasteiger partial charge in [0.2, 0.25) is 5.91 Å². The minimum absolute atomic E-state index is 0.0630. The Morgan fingerprint density at radius 1 is 1.35 bits per heavy atom. The second-order valence-corrected chi connectivity index (χ2v) is 5.88. The number of carbonyl (C=O) groups is 3. The van der Waals surface area contributed by atoms with Gasteiger partial charge in [0, 0.05) is 18.6 Å². The molecule has 1 amide bonds. The molecule has 0 spiro atoms. The van der Waals surface area contributed by atoms with Gasteiger partial charge in [0.05, 0.1) is 24.5 Å². The monoisotopic (exact) mass is 365 g/mol. The molecule has 26 heavy (non-hydrogen) atoms. The number of carbonyl (C=O) groups excluding carboxylic acids is 3. The van der Waals surface area contributed by atoms with Crippen LogP contribution in [0, 0.1) is 10.1 Å². The number of methoxy groups -OCH3 is 1. The smallest absolute Gasteiger partial charge is 0.322 e. The molecule has 0 bridgehead atoms. The predicted molar refractivity (Wildman–Crippen MR) is 93.3 cm³/mol. The van der Waals surface area contributed by atoms with Crippen LogP contribution in [0.15, 0.2) is 24.3 Å². The molecular weight excluding hydrogens is 342 g/mol. The minimum Gasteiger partial charge on any atom is -0.468 e. The van der Waals surface area contributed by atoms with Crippen LogP contribution >= 0.6 is 0 Å². The van der Waals surface area contributed by atoms with E-state index in [0.717, 1.165) is 0 Å². The van der Waals surface area contributed by atoms with Crippen molar-refractivity contribution in [2.24, 2.45) is 5.73 Å². The van der Waals surface area contributed by atoms with Crippen molar-refractivity contribution in [3.8, 4) is 0 Å². The first kappa shape index (κ1) is 21.2. The van der Waals surface area contributed by atoms with E-state index in [2.05, 4.69) is 10.1 Å². The molecule has 0 fully saturated rings. The predicted octanol–water partition coefficient (Wildman–Crippen LogP) is 0.882. The molecule has 0 aliphatic rings. The minimum atomic E-state index is -0.772. The summed E-state index contributed by atoms with van der Waals surface area (Å²) in [6.07, 6.45) is 0.822. The number of nitrogens with two attached hydrogens (primary N) is 1. The van der Waals surface area contributed by atoms with Crippen molar-refractivity contribution in [2.75, 3.05) is 7.11 Å².